The molecule has 0 aliphatic rings. The van der Waals surface area contributed by atoms with Crippen molar-refractivity contribution in [1.82, 2.24) is 0 Å². The summed E-state index contributed by atoms with van der Waals surface area (Å²) < 4.78 is 12.9. The van der Waals surface area contributed by atoms with Crippen LogP contribution in [0.4, 0.5) is 10.1 Å². The van der Waals surface area contributed by atoms with E-state index in [4.69, 9.17) is 0 Å². The Bertz CT molecular complexity index is 611. The fourth-order valence-corrected chi connectivity index (χ4v) is 1.79. The van der Waals surface area contributed by atoms with E-state index in [2.05, 4.69) is 5.32 Å². The summed E-state index contributed by atoms with van der Waals surface area (Å²) in [6, 6.07) is 14.5. The minimum atomic E-state index is -0.414. The van der Waals surface area contributed by atoms with Crippen molar-refractivity contribution in [3.8, 4) is 0 Å². The Morgan fingerprint density at radius 3 is 2.40 bits per heavy atom. The first-order valence-electron chi connectivity index (χ1n) is 6.29. The number of halogens is 1. The lowest BCUT2D eigenvalue weighted by Gasteiger charge is -2.05. The summed E-state index contributed by atoms with van der Waals surface area (Å²) in [6.45, 7) is 0. The Morgan fingerprint density at radius 1 is 0.950 bits per heavy atom. The van der Waals surface area contributed by atoms with Crippen LogP contribution in [-0.2, 0) is 4.79 Å². The van der Waals surface area contributed by atoms with Crippen molar-refractivity contribution < 1.29 is 14.0 Å². The summed E-state index contributed by atoms with van der Waals surface area (Å²) >= 11 is 0. The van der Waals surface area contributed by atoms with Gasteiger partial charge in [0.05, 0.1) is 0 Å². The summed E-state index contributed by atoms with van der Waals surface area (Å²) in [7, 11) is 0. The molecular weight excluding hydrogens is 257 g/mol. The molecule has 20 heavy (non-hydrogen) atoms. The average molecular weight is 271 g/mol. The van der Waals surface area contributed by atoms with Gasteiger partial charge in [0.1, 0.15) is 5.82 Å². The smallest absolute Gasteiger partial charge is 0.224 e. The molecule has 1 amide bonds. The zero-order valence-corrected chi connectivity index (χ0v) is 10.8. The lowest BCUT2D eigenvalue weighted by Crippen LogP contribution is -2.13. The zero-order valence-electron chi connectivity index (χ0n) is 10.8. The molecule has 0 radical (unpaired) electrons. The van der Waals surface area contributed by atoms with Crippen LogP contribution >= 0.6 is 0 Å². The second-order valence-corrected chi connectivity index (χ2v) is 4.35. The molecule has 2 aromatic rings. The number of carbonyl (C=O) groups is 2. The number of rotatable bonds is 5. The number of benzene rings is 2. The number of carbonyl (C=O) groups excluding carboxylic acids is 2. The quantitative estimate of drug-likeness (QED) is 0.847. The minimum absolute atomic E-state index is 0.0737. The Balaban J connectivity index is 1.85. The molecule has 0 aliphatic carbocycles. The fraction of sp³-hybridized carbons (Fsp3) is 0.125. The van der Waals surface area contributed by atoms with E-state index in [9.17, 15) is 14.0 Å². The molecule has 0 aromatic heterocycles. The molecule has 0 saturated carbocycles. The number of hydrogen-bond donors (Lipinski definition) is 1. The van der Waals surface area contributed by atoms with Gasteiger partial charge in [-0.25, -0.2) is 4.39 Å². The van der Waals surface area contributed by atoms with Gasteiger partial charge in [-0.3, -0.25) is 9.59 Å². The third-order valence-corrected chi connectivity index (χ3v) is 2.78. The zero-order chi connectivity index (χ0) is 14.4. The maximum Gasteiger partial charge on any atom is 0.224 e. The van der Waals surface area contributed by atoms with Gasteiger partial charge in [0, 0.05) is 24.1 Å². The van der Waals surface area contributed by atoms with E-state index >= 15 is 0 Å². The van der Waals surface area contributed by atoms with Gasteiger partial charge in [-0.15, -0.1) is 0 Å². The summed E-state index contributed by atoms with van der Waals surface area (Å²) in [5.74, 6) is -0.803. The van der Waals surface area contributed by atoms with Crippen LogP contribution in [-0.4, -0.2) is 11.7 Å². The molecule has 4 heteroatoms. The highest BCUT2D eigenvalue weighted by Crippen LogP contribution is 2.11. The molecule has 0 atom stereocenters. The van der Waals surface area contributed by atoms with Gasteiger partial charge in [0.25, 0.3) is 0 Å². The average Bonchev–Trinajstić information content (AvgIpc) is 2.46. The number of ketones is 1. The molecule has 0 saturated heterocycles. The van der Waals surface area contributed by atoms with E-state index in [1.165, 1.54) is 18.2 Å². The third kappa shape index (κ3) is 4.02. The SMILES string of the molecule is O=C(CCC(=O)c1ccccc1)Nc1cccc(F)c1. The van der Waals surface area contributed by atoms with E-state index < -0.39 is 5.82 Å². The van der Waals surface area contributed by atoms with Gasteiger partial charge in [0.15, 0.2) is 5.78 Å². The predicted octanol–water partition coefficient (Wildman–Crippen LogP) is 3.43. The minimum Gasteiger partial charge on any atom is -0.326 e. The van der Waals surface area contributed by atoms with Gasteiger partial charge in [-0.05, 0) is 18.2 Å². The lowest BCUT2D eigenvalue weighted by atomic mass is 10.1. The predicted molar refractivity (Wildman–Crippen MR) is 75.0 cm³/mol. The molecule has 102 valence electrons. The van der Waals surface area contributed by atoms with Gasteiger partial charge in [-0.1, -0.05) is 36.4 Å². The van der Waals surface area contributed by atoms with Crippen LogP contribution in [0.5, 0.6) is 0 Å². The number of nitrogens with one attached hydrogen (secondary N) is 1. The summed E-state index contributed by atoms with van der Waals surface area (Å²) in [4.78, 5) is 23.5. The molecule has 0 bridgehead atoms. The van der Waals surface area contributed by atoms with Gasteiger partial charge >= 0.3 is 0 Å². The van der Waals surface area contributed by atoms with E-state index in [1.54, 1.807) is 30.3 Å². The topological polar surface area (TPSA) is 46.2 Å². The molecule has 0 unspecified atom stereocenters. The monoisotopic (exact) mass is 271 g/mol. The number of anilines is 1. The lowest BCUT2D eigenvalue weighted by molar-refractivity contribution is -0.116. The van der Waals surface area contributed by atoms with E-state index in [1.807, 2.05) is 6.07 Å². The largest absolute Gasteiger partial charge is 0.326 e. The Morgan fingerprint density at radius 2 is 1.70 bits per heavy atom. The van der Waals surface area contributed by atoms with Crippen molar-refractivity contribution in [3.63, 3.8) is 0 Å². The van der Waals surface area contributed by atoms with Gasteiger partial charge < -0.3 is 5.32 Å². The standard InChI is InChI=1S/C16H14FNO2/c17-13-7-4-8-14(11-13)18-16(20)10-9-15(19)12-5-2-1-3-6-12/h1-8,11H,9-10H2,(H,18,20). The van der Waals surface area contributed by atoms with Crippen LogP contribution < -0.4 is 5.32 Å². The van der Waals surface area contributed by atoms with Crippen LogP contribution in [0, 0.1) is 5.82 Å². The highest BCUT2D eigenvalue weighted by atomic mass is 19.1. The van der Waals surface area contributed by atoms with Crippen LogP contribution in [0.1, 0.15) is 23.2 Å². The fourth-order valence-electron chi connectivity index (χ4n) is 1.79. The molecule has 0 fully saturated rings. The van der Waals surface area contributed by atoms with Crippen molar-refractivity contribution in [2.24, 2.45) is 0 Å². The second-order valence-electron chi connectivity index (χ2n) is 4.35. The second kappa shape index (κ2) is 6.61. The Labute approximate surface area is 116 Å². The first-order valence-corrected chi connectivity index (χ1v) is 6.29. The van der Waals surface area contributed by atoms with Crippen molar-refractivity contribution in [2.75, 3.05) is 5.32 Å². The normalized spacial score (nSPS) is 10.1. The van der Waals surface area contributed by atoms with Crippen molar-refractivity contribution >= 4 is 17.4 Å². The van der Waals surface area contributed by atoms with Crippen molar-refractivity contribution in [1.29, 1.82) is 0 Å². The van der Waals surface area contributed by atoms with E-state index in [-0.39, 0.29) is 24.5 Å². The molecular formula is C16H14FNO2. The molecule has 0 aliphatic heterocycles. The highest BCUT2D eigenvalue weighted by molar-refractivity contribution is 5.99. The van der Waals surface area contributed by atoms with Crippen molar-refractivity contribution in [2.45, 2.75) is 12.8 Å². The molecule has 0 heterocycles. The first kappa shape index (κ1) is 13.9. The van der Waals surface area contributed by atoms with E-state index in [0.717, 1.165) is 0 Å². The van der Waals surface area contributed by atoms with Crippen LogP contribution in [0.3, 0.4) is 0 Å². The highest BCUT2D eigenvalue weighted by Gasteiger charge is 2.09. The first-order chi connectivity index (χ1) is 9.65. The van der Waals surface area contributed by atoms with Crippen molar-refractivity contribution in [3.05, 3.63) is 66.0 Å². The third-order valence-electron chi connectivity index (χ3n) is 2.78. The van der Waals surface area contributed by atoms with Crippen LogP contribution in [0.15, 0.2) is 54.6 Å². The number of hydrogen-bond acceptors (Lipinski definition) is 2. The van der Waals surface area contributed by atoms with Gasteiger partial charge in [-0.2, -0.15) is 0 Å². The maximum absolute atomic E-state index is 12.9. The molecule has 0 spiro atoms. The molecule has 2 rings (SSSR count). The Kier molecular flexibility index (Phi) is 4.60. The summed E-state index contributed by atoms with van der Waals surface area (Å²) in [6.07, 6.45) is 0.204. The molecule has 3 nitrogen and oxygen atoms in total. The van der Waals surface area contributed by atoms with E-state index in [0.29, 0.717) is 11.3 Å². The Hall–Kier alpha value is -2.49. The van der Waals surface area contributed by atoms with Crippen LogP contribution in [0.25, 0.3) is 0 Å². The molecule has 1 N–H and O–H groups in total. The summed E-state index contributed by atoms with van der Waals surface area (Å²) in [5, 5.41) is 2.56. The maximum atomic E-state index is 12.9. The molecule has 2 aromatic carbocycles. The number of Topliss-reactive ketones (excluding diaryl/α,β-unsaturated/α-hetero) is 1. The van der Waals surface area contributed by atoms with Crippen LogP contribution in [0.2, 0.25) is 0 Å². The van der Waals surface area contributed by atoms with Gasteiger partial charge in [0.2, 0.25) is 5.91 Å². The number of amides is 1. The summed E-state index contributed by atoms with van der Waals surface area (Å²) in [5.41, 5.74) is 0.980.